The summed E-state index contributed by atoms with van der Waals surface area (Å²) in [5.74, 6) is 0.843. The number of hydrogen-bond acceptors (Lipinski definition) is 3. The minimum absolute atomic E-state index is 0.0368. The van der Waals surface area contributed by atoms with E-state index in [9.17, 15) is 5.26 Å². The van der Waals surface area contributed by atoms with Gasteiger partial charge >= 0.3 is 0 Å². The summed E-state index contributed by atoms with van der Waals surface area (Å²) in [5.41, 5.74) is 3.50. The minimum Gasteiger partial charge on any atom is -0.496 e. The van der Waals surface area contributed by atoms with Gasteiger partial charge in [-0.05, 0) is 51.6 Å². The van der Waals surface area contributed by atoms with E-state index in [4.69, 9.17) is 4.74 Å². The predicted octanol–water partition coefficient (Wildman–Crippen LogP) is 3.46. The van der Waals surface area contributed by atoms with Crippen LogP contribution in [0.3, 0.4) is 0 Å². The van der Waals surface area contributed by atoms with E-state index in [2.05, 4.69) is 37.8 Å². The van der Waals surface area contributed by atoms with Crippen LogP contribution in [0.5, 0.6) is 5.75 Å². The molecule has 1 aromatic carbocycles. The van der Waals surface area contributed by atoms with E-state index in [1.165, 1.54) is 11.1 Å². The van der Waals surface area contributed by atoms with E-state index < -0.39 is 0 Å². The molecule has 0 N–H and O–H groups in total. The van der Waals surface area contributed by atoms with Crippen molar-refractivity contribution in [1.82, 2.24) is 4.90 Å². The van der Waals surface area contributed by atoms with Crippen LogP contribution in [0.25, 0.3) is 0 Å². The first-order valence-corrected chi connectivity index (χ1v) is 6.67. The van der Waals surface area contributed by atoms with Crippen LogP contribution < -0.4 is 4.74 Å². The van der Waals surface area contributed by atoms with Crippen molar-refractivity contribution in [2.75, 3.05) is 21.2 Å². The molecule has 1 aromatic rings. The first kappa shape index (κ1) is 15.5. The number of nitriles is 1. The van der Waals surface area contributed by atoms with E-state index >= 15 is 0 Å². The van der Waals surface area contributed by atoms with Crippen LogP contribution >= 0.6 is 0 Å². The Morgan fingerprint density at radius 3 is 2.37 bits per heavy atom. The largest absolute Gasteiger partial charge is 0.496 e. The fraction of sp³-hybridized carbons (Fsp3) is 0.562. The molecular weight excluding hydrogens is 236 g/mol. The Bertz CT molecular complexity index is 474. The maximum atomic E-state index is 9.40. The summed E-state index contributed by atoms with van der Waals surface area (Å²) in [7, 11) is 5.73. The van der Waals surface area contributed by atoms with Crippen molar-refractivity contribution in [3.8, 4) is 11.8 Å². The molecule has 1 rings (SSSR count). The summed E-state index contributed by atoms with van der Waals surface area (Å²) < 4.78 is 5.54. The molecule has 3 heteroatoms. The zero-order chi connectivity index (χ0) is 14.6. The molecule has 0 aromatic heterocycles. The van der Waals surface area contributed by atoms with Crippen molar-refractivity contribution < 1.29 is 4.74 Å². The Labute approximate surface area is 116 Å². The van der Waals surface area contributed by atoms with E-state index in [1.54, 1.807) is 7.11 Å². The van der Waals surface area contributed by atoms with Crippen LogP contribution in [-0.2, 0) is 0 Å². The Kier molecular flexibility index (Phi) is 5.38. The van der Waals surface area contributed by atoms with Gasteiger partial charge < -0.3 is 9.64 Å². The highest BCUT2D eigenvalue weighted by atomic mass is 16.5. The fourth-order valence-electron chi connectivity index (χ4n) is 2.69. The number of benzene rings is 1. The van der Waals surface area contributed by atoms with Gasteiger partial charge in [0, 0.05) is 5.56 Å². The van der Waals surface area contributed by atoms with Crippen molar-refractivity contribution in [3.05, 3.63) is 28.8 Å². The molecule has 0 spiro atoms. The summed E-state index contributed by atoms with van der Waals surface area (Å²) in [6.45, 7) is 6.21. The number of aryl methyl sites for hydroxylation is 2. The summed E-state index contributed by atoms with van der Waals surface area (Å²) in [6.07, 6.45) is 0.829. The van der Waals surface area contributed by atoms with E-state index in [1.807, 2.05) is 20.2 Å². The predicted molar refractivity (Wildman–Crippen MR) is 78.3 cm³/mol. The molecule has 0 saturated carbocycles. The Balaban J connectivity index is 3.42. The monoisotopic (exact) mass is 260 g/mol. The lowest BCUT2D eigenvalue weighted by molar-refractivity contribution is 0.234. The molecule has 19 heavy (non-hydrogen) atoms. The van der Waals surface area contributed by atoms with Gasteiger partial charge in [0.15, 0.2) is 0 Å². The van der Waals surface area contributed by atoms with Crippen molar-refractivity contribution >= 4 is 0 Å². The zero-order valence-electron chi connectivity index (χ0n) is 12.8. The van der Waals surface area contributed by atoms with Crippen molar-refractivity contribution in [2.45, 2.75) is 33.2 Å². The Morgan fingerprint density at radius 1 is 1.32 bits per heavy atom. The third kappa shape index (κ3) is 3.27. The van der Waals surface area contributed by atoms with Crippen LogP contribution in [0.15, 0.2) is 12.1 Å². The van der Waals surface area contributed by atoms with Gasteiger partial charge in [-0.15, -0.1) is 0 Å². The molecule has 0 amide bonds. The lowest BCUT2D eigenvalue weighted by Crippen LogP contribution is -2.27. The van der Waals surface area contributed by atoms with Gasteiger partial charge in [-0.2, -0.15) is 5.26 Å². The van der Waals surface area contributed by atoms with E-state index in [-0.39, 0.29) is 12.0 Å². The van der Waals surface area contributed by atoms with Crippen LogP contribution in [-0.4, -0.2) is 26.1 Å². The third-order valence-electron chi connectivity index (χ3n) is 3.55. The maximum absolute atomic E-state index is 9.40. The molecule has 0 bridgehead atoms. The first-order valence-electron chi connectivity index (χ1n) is 6.67. The Morgan fingerprint density at radius 2 is 1.95 bits per heavy atom. The molecule has 0 aliphatic carbocycles. The molecule has 2 unspecified atom stereocenters. The molecule has 0 saturated heterocycles. The summed E-state index contributed by atoms with van der Waals surface area (Å²) in [4.78, 5) is 2.11. The minimum atomic E-state index is -0.0368. The maximum Gasteiger partial charge on any atom is 0.124 e. The Hall–Kier alpha value is -1.53. The second kappa shape index (κ2) is 6.58. The molecule has 2 atom stereocenters. The van der Waals surface area contributed by atoms with Gasteiger partial charge in [0.2, 0.25) is 0 Å². The van der Waals surface area contributed by atoms with Crippen LogP contribution in [0.1, 0.15) is 36.1 Å². The van der Waals surface area contributed by atoms with Crippen molar-refractivity contribution in [2.24, 2.45) is 5.92 Å². The average Bonchev–Trinajstić information content (AvgIpc) is 2.35. The van der Waals surface area contributed by atoms with Crippen LogP contribution in [0, 0.1) is 31.1 Å². The average molecular weight is 260 g/mol. The normalized spacial score (nSPS) is 14.0. The molecular formula is C16H24N2O. The van der Waals surface area contributed by atoms with E-state index in [0.717, 1.165) is 17.7 Å². The second-order valence-electron chi connectivity index (χ2n) is 5.25. The topological polar surface area (TPSA) is 36.3 Å². The van der Waals surface area contributed by atoms with Crippen LogP contribution in [0.2, 0.25) is 0 Å². The molecule has 0 radical (unpaired) electrons. The highest BCUT2D eigenvalue weighted by molar-refractivity contribution is 5.45. The fourth-order valence-corrected chi connectivity index (χ4v) is 2.69. The summed E-state index contributed by atoms with van der Waals surface area (Å²) in [6, 6.07) is 6.68. The molecule has 0 heterocycles. The summed E-state index contributed by atoms with van der Waals surface area (Å²) >= 11 is 0. The first-order chi connectivity index (χ1) is 8.96. The second-order valence-corrected chi connectivity index (χ2v) is 5.25. The van der Waals surface area contributed by atoms with Gasteiger partial charge in [-0.1, -0.05) is 13.0 Å². The SMILES string of the molecule is CCC(C#N)C(c1c(C)cc(C)cc1OC)N(C)C. The van der Waals surface area contributed by atoms with Gasteiger partial charge in [-0.25, -0.2) is 0 Å². The smallest absolute Gasteiger partial charge is 0.124 e. The summed E-state index contributed by atoms with van der Waals surface area (Å²) in [5, 5.41) is 9.40. The molecule has 0 aliphatic rings. The third-order valence-corrected chi connectivity index (χ3v) is 3.55. The lowest BCUT2D eigenvalue weighted by atomic mass is 9.87. The van der Waals surface area contributed by atoms with Gasteiger partial charge in [0.05, 0.1) is 25.1 Å². The molecule has 3 nitrogen and oxygen atoms in total. The number of hydrogen-bond donors (Lipinski definition) is 0. The highest BCUT2D eigenvalue weighted by Gasteiger charge is 2.28. The number of ether oxygens (including phenoxy) is 1. The van der Waals surface area contributed by atoms with Crippen molar-refractivity contribution in [1.29, 1.82) is 5.26 Å². The zero-order valence-corrected chi connectivity index (χ0v) is 12.8. The molecule has 0 fully saturated rings. The molecule has 0 aliphatic heterocycles. The lowest BCUT2D eigenvalue weighted by Gasteiger charge is -2.31. The van der Waals surface area contributed by atoms with Gasteiger partial charge in [-0.3, -0.25) is 0 Å². The number of nitrogens with zero attached hydrogens (tertiary/aromatic N) is 2. The van der Waals surface area contributed by atoms with Crippen LogP contribution in [0.4, 0.5) is 0 Å². The van der Waals surface area contributed by atoms with Gasteiger partial charge in [0.25, 0.3) is 0 Å². The standard InChI is InChI=1S/C16H24N2O/c1-7-13(10-17)16(18(4)5)15-12(3)8-11(2)9-14(15)19-6/h8-9,13,16H,7H2,1-6H3. The number of rotatable bonds is 5. The molecule has 104 valence electrons. The number of methoxy groups -OCH3 is 1. The highest BCUT2D eigenvalue weighted by Crippen LogP contribution is 2.37. The van der Waals surface area contributed by atoms with Gasteiger partial charge in [0.1, 0.15) is 5.75 Å². The van der Waals surface area contributed by atoms with E-state index in [0.29, 0.717) is 0 Å². The quantitative estimate of drug-likeness (QED) is 0.813. The van der Waals surface area contributed by atoms with Crippen molar-refractivity contribution in [3.63, 3.8) is 0 Å².